The van der Waals surface area contributed by atoms with Crippen LogP contribution in [0.1, 0.15) is 11.1 Å². The molecule has 0 aliphatic heterocycles. The highest BCUT2D eigenvalue weighted by Crippen LogP contribution is 2.25. The van der Waals surface area contributed by atoms with Gasteiger partial charge in [-0.2, -0.15) is 0 Å². The van der Waals surface area contributed by atoms with Crippen molar-refractivity contribution >= 4 is 23.0 Å². The molecule has 0 aromatic heterocycles. The molecule has 110 valence electrons. The first-order valence-electron chi connectivity index (χ1n) is 6.01. The van der Waals surface area contributed by atoms with Crippen molar-refractivity contribution in [3.8, 4) is 0 Å². The Labute approximate surface area is 124 Å². The summed E-state index contributed by atoms with van der Waals surface area (Å²) >= 11 is 5.71. The van der Waals surface area contributed by atoms with E-state index < -0.39 is 16.6 Å². The number of anilines is 1. The van der Waals surface area contributed by atoms with Crippen LogP contribution in [0.25, 0.3) is 0 Å². The van der Waals surface area contributed by atoms with Gasteiger partial charge in [-0.3, -0.25) is 10.1 Å². The summed E-state index contributed by atoms with van der Waals surface area (Å²) in [6.45, 7) is 1.43. The van der Waals surface area contributed by atoms with E-state index in [-0.39, 0.29) is 28.5 Å². The number of aryl methyl sites for hydroxylation is 1. The maximum absolute atomic E-state index is 13.7. The summed E-state index contributed by atoms with van der Waals surface area (Å²) < 4.78 is 27.1. The molecule has 4 nitrogen and oxygen atoms in total. The normalized spacial score (nSPS) is 10.5. The lowest BCUT2D eigenvalue weighted by molar-refractivity contribution is -0.385. The summed E-state index contributed by atoms with van der Waals surface area (Å²) in [6, 6.07) is 6.26. The lowest BCUT2D eigenvalue weighted by Crippen LogP contribution is -2.05. The first kappa shape index (κ1) is 15.2. The highest BCUT2D eigenvalue weighted by atomic mass is 35.5. The second-order valence-corrected chi connectivity index (χ2v) is 4.90. The summed E-state index contributed by atoms with van der Waals surface area (Å²) in [5.74, 6) is -1.17. The minimum Gasteiger partial charge on any atom is -0.378 e. The molecule has 0 saturated carbocycles. The zero-order valence-corrected chi connectivity index (χ0v) is 11.7. The molecule has 0 aliphatic rings. The van der Waals surface area contributed by atoms with Crippen molar-refractivity contribution in [2.75, 3.05) is 5.32 Å². The summed E-state index contributed by atoms with van der Waals surface area (Å²) in [4.78, 5) is 10.4. The molecule has 0 amide bonds. The molecule has 0 spiro atoms. The van der Waals surface area contributed by atoms with Gasteiger partial charge in [-0.05, 0) is 30.7 Å². The van der Waals surface area contributed by atoms with E-state index in [9.17, 15) is 18.9 Å². The van der Waals surface area contributed by atoms with Crippen molar-refractivity contribution in [1.82, 2.24) is 0 Å². The van der Waals surface area contributed by atoms with Gasteiger partial charge in [0, 0.05) is 29.3 Å². The van der Waals surface area contributed by atoms with Crippen LogP contribution in [-0.2, 0) is 6.54 Å². The fourth-order valence-electron chi connectivity index (χ4n) is 1.83. The van der Waals surface area contributed by atoms with Crippen LogP contribution >= 0.6 is 11.6 Å². The Balaban J connectivity index is 2.25. The number of benzene rings is 2. The maximum Gasteiger partial charge on any atom is 0.275 e. The molecule has 0 aliphatic carbocycles. The molecule has 0 atom stereocenters. The van der Waals surface area contributed by atoms with Crippen LogP contribution in [0.4, 0.5) is 20.2 Å². The predicted octanol–water partition coefficient (Wildman–Crippen LogP) is 4.45. The zero-order chi connectivity index (χ0) is 15.6. The molecule has 0 bridgehead atoms. The van der Waals surface area contributed by atoms with E-state index in [2.05, 4.69) is 5.32 Å². The number of nitrogens with zero attached hydrogens (tertiary/aromatic N) is 1. The SMILES string of the molecule is Cc1cc(F)c(NCc2ccc(Cl)cc2[N+](=O)[O-])cc1F. The number of hydrogen-bond donors (Lipinski definition) is 1. The Bertz CT molecular complexity index is 708. The number of hydrogen-bond acceptors (Lipinski definition) is 3. The monoisotopic (exact) mass is 312 g/mol. The van der Waals surface area contributed by atoms with Gasteiger partial charge in [0.15, 0.2) is 0 Å². The van der Waals surface area contributed by atoms with Crippen LogP contribution in [0.2, 0.25) is 5.02 Å². The quantitative estimate of drug-likeness (QED) is 0.670. The van der Waals surface area contributed by atoms with Gasteiger partial charge in [-0.15, -0.1) is 0 Å². The molecular weight excluding hydrogens is 302 g/mol. The minimum absolute atomic E-state index is 0.0209. The zero-order valence-electron chi connectivity index (χ0n) is 11.0. The maximum atomic E-state index is 13.7. The van der Waals surface area contributed by atoms with Crippen molar-refractivity contribution < 1.29 is 13.7 Å². The van der Waals surface area contributed by atoms with E-state index in [1.807, 2.05) is 0 Å². The van der Waals surface area contributed by atoms with Gasteiger partial charge in [0.25, 0.3) is 5.69 Å². The van der Waals surface area contributed by atoms with Gasteiger partial charge >= 0.3 is 0 Å². The number of rotatable bonds is 4. The Hall–Kier alpha value is -2.21. The van der Waals surface area contributed by atoms with E-state index in [1.54, 1.807) is 0 Å². The van der Waals surface area contributed by atoms with Crippen LogP contribution < -0.4 is 5.32 Å². The first-order valence-corrected chi connectivity index (χ1v) is 6.38. The minimum atomic E-state index is -0.620. The van der Waals surface area contributed by atoms with Crippen molar-refractivity contribution in [2.45, 2.75) is 13.5 Å². The van der Waals surface area contributed by atoms with E-state index in [1.165, 1.54) is 25.1 Å². The Kier molecular flexibility index (Phi) is 4.37. The first-order chi connectivity index (χ1) is 9.88. The topological polar surface area (TPSA) is 55.2 Å². The third-order valence-corrected chi connectivity index (χ3v) is 3.20. The molecule has 1 N–H and O–H groups in total. The Morgan fingerprint density at radius 1 is 1.24 bits per heavy atom. The third kappa shape index (κ3) is 3.46. The summed E-state index contributed by atoms with van der Waals surface area (Å²) in [5, 5.41) is 13.8. The lowest BCUT2D eigenvalue weighted by Gasteiger charge is -2.09. The van der Waals surface area contributed by atoms with Crippen molar-refractivity contribution in [2.24, 2.45) is 0 Å². The number of nitrogens with one attached hydrogen (secondary N) is 1. The molecule has 0 fully saturated rings. The molecule has 7 heteroatoms. The Morgan fingerprint density at radius 3 is 2.62 bits per heavy atom. The van der Waals surface area contributed by atoms with Crippen molar-refractivity contribution in [1.29, 1.82) is 0 Å². The molecule has 0 radical (unpaired) electrons. The number of nitro benzene ring substituents is 1. The second-order valence-electron chi connectivity index (χ2n) is 4.46. The lowest BCUT2D eigenvalue weighted by atomic mass is 10.1. The van der Waals surface area contributed by atoms with Gasteiger partial charge in [0.2, 0.25) is 0 Å². The largest absolute Gasteiger partial charge is 0.378 e. The molecule has 2 rings (SSSR count). The average Bonchev–Trinajstić information content (AvgIpc) is 2.42. The molecule has 21 heavy (non-hydrogen) atoms. The van der Waals surface area contributed by atoms with E-state index >= 15 is 0 Å². The molecule has 2 aromatic rings. The van der Waals surface area contributed by atoms with Crippen LogP contribution in [-0.4, -0.2) is 4.92 Å². The fourth-order valence-corrected chi connectivity index (χ4v) is 1.99. The standard InChI is InChI=1S/C14H11ClF2N2O2/c1-8-4-12(17)13(6-11(8)16)18-7-9-2-3-10(15)5-14(9)19(20)21/h2-6,18H,7H2,1H3. The molecular formula is C14H11ClF2N2O2. The summed E-state index contributed by atoms with van der Waals surface area (Å²) in [6.07, 6.45) is 0. The van der Waals surface area contributed by atoms with Crippen molar-refractivity contribution in [3.63, 3.8) is 0 Å². The van der Waals surface area contributed by atoms with Gasteiger partial charge < -0.3 is 5.32 Å². The molecule has 0 unspecified atom stereocenters. The van der Waals surface area contributed by atoms with Gasteiger partial charge in [-0.1, -0.05) is 11.6 Å². The van der Waals surface area contributed by atoms with E-state index in [0.29, 0.717) is 5.56 Å². The third-order valence-electron chi connectivity index (χ3n) is 2.96. The Morgan fingerprint density at radius 2 is 1.95 bits per heavy atom. The van der Waals surface area contributed by atoms with E-state index in [4.69, 9.17) is 11.6 Å². The highest BCUT2D eigenvalue weighted by Gasteiger charge is 2.15. The van der Waals surface area contributed by atoms with Crippen LogP contribution in [0.5, 0.6) is 0 Å². The molecule has 0 saturated heterocycles. The number of nitro groups is 1. The fraction of sp³-hybridized carbons (Fsp3) is 0.143. The van der Waals surface area contributed by atoms with Gasteiger partial charge in [0.1, 0.15) is 11.6 Å². The smallest absolute Gasteiger partial charge is 0.275 e. The average molecular weight is 313 g/mol. The molecule has 2 aromatic carbocycles. The van der Waals surface area contributed by atoms with Gasteiger partial charge in [-0.25, -0.2) is 8.78 Å². The van der Waals surface area contributed by atoms with Crippen LogP contribution in [0.15, 0.2) is 30.3 Å². The van der Waals surface area contributed by atoms with Crippen LogP contribution in [0.3, 0.4) is 0 Å². The predicted molar refractivity (Wildman–Crippen MR) is 76.5 cm³/mol. The van der Waals surface area contributed by atoms with Crippen LogP contribution in [0, 0.1) is 28.7 Å². The number of halogens is 3. The highest BCUT2D eigenvalue weighted by molar-refractivity contribution is 6.30. The van der Waals surface area contributed by atoms with Crippen molar-refractivity contribution in [3.05, 3.63) is 68.2 Å². The summed E-state index contributed by atoms with van der Waals surface area (Å²) in [7, 11) is 0. The molecule has 0 heterocycles. The van der Waals surface area contributed by atoms with Gasteiger partial charge in [0.05, 0.1) is 10.6 Å². The summed E-state index contributed by atoms with van der Waals surface area (Å²) in [5.41, 5.74) is 0.283. The second kappa shape index (κ2) is 6.05. The van der Waals surface area contributed by atoms with E-state index in [0.717, 1.165) is 12.1 Å².